The van der Waals surface area contributed by atoms with Gasteiger partial charge in [0.15, 0.2) is 9.50 Å². The number of carboxylic acids is 1. The Hall–Kier alpha value is -2.68. The Balaban J connectivity index is 0.000000364. The summed E-state index contributed by atoms with van der Waals surface area (Å²) in [5.74, 6) is -1.29. The lowest BCUT2D eigenvalue weighted by molar-refractivity contribution is -0.192. The molecule has 1 aliphatic heterocycles. The van der Waals surface area contributed by atoms with Gasteiger partial charge in [0, 0.05) is 30.1 Å². The van der Waals surface area contributed by atoms with Crippen LogP contribution >= 0.6 is 34.7 Å². The smallest absolute Gasteiger partial charge is 0.475 e. The van der Waals surface area contributed by atoms with Crippen molar-refractivity contribution >= 4 is 45.6 Å². The van der Waals surface area contributed by atoms with Crippen molar-refractivity contribution in [3.63, 3.8) is 0 Å². The summed E-state index contributed by atoms with van der Waals surface area (Å²) in [6.07, 6.45) is -0.809. The van der Waals surface area contributed by atoms with Crippen molar-refractivity contribution in [1.29, 1.82) is 0 Å². The van der Waals surface area contributed by atoms with Crippen LogP contribution in [0.15, 0.2) is 40.0 Å². The van der Waals surface area contributed by atoms with Crippen molar-refractivity contribution in [1.82, 2.24) is 34.7 Å². The molecule has 1 atom stereocenters. The number of hydrogen-bond acceptors (Lipinski definition) is 8. The molecular formula is C20H19ClF3N7O2S2. The first-order chi connectivity index (χ1) is 16.6. The number of aromatic nitrogens is 6. The van der Waals surface area contributed by atoms with Crippen LogP contribution in [0.2, 0.25) is 5.02 Å². The number of rotatable bonds is 4. The molecule has 1 fully saturated rings. The number of benzene rings is 1. The van der Waals surface area contributed by atoms with E-state index in [1.54, 1.807) is 11.3 Å². The molecule has 35 heavy (non-hydrogen) atoms. The number of aliphatic carboxylic acids is 1. The fraction of sp³-hybridized carbons (Fsp3) is 0.350. The molecular weight excluding hydrogens is 527 g/mol. The molecule has 4 heterocycles. The fourth-order valence-electron chi connectivity index (χ4n) is 3.40. The van der Waals surface area contributed by atoms with Crippen molar-refractivity contribution in [2.24, 2.45) is 7.05 Å². The van der Waals surface area contributed by atoms with E-state index in [1.807, 2.05) is 42.0 Å². The standard InChI is InChI=1S/C18H18ClN7S2.C2HF3O2/c1-25-15(12-3-2-8-20-9-12)22-23-17(25)28-18-24-26-10-14(21-16(26)27-18)11-4-6-13(19)7-5-11;3-2(4,5)1(6)7/h4-7,10,12,20H,2-3,8-9H2,1H3;(H,6,7). The predicted molar refractivity (Wildman–Crippen MR) is 125 cm³/mol. The van der Waals surface area contributed by atoms with Crippen LogP contribution in [0.3, 0.4) is 0 Å². The predicted octanol–water partition coefficient (Wildman–Crippen LogP) is 4.49. The molecule has 1 aromatic carbocycles. The van der Waals surface area contributed by atoms with Crippen LogP contribution in [0.1, 0.15) is 24.6 Å². The average molecular weight is 546 g/mol. The van der Waals surface area contributed by atoms with Gasteiger partial charge in [-0.25, -0.2) is 14.3 Å². The van der Waals surface area contributed by atoms with Gasteiger partial charge in [-0.2, -0.15) is 13.2 Å². The second-order valence-corrected chi connectivity index (χ2v) is 10.2. The molecule has 0 radical (unpaired) electrons. The minimum absolute atomic E-state index is 0.427. The minimum atomic E-state index is -5.08. The number of carboxylic acid groups (broad SMARTS) is 1. The molecule has 0 saturated carbocycles. The first-order valence-corrected chi connectivity index (χ1v) is 12.3. The number of nitrogens with one attached hydrogen (secondary N) is 1. The summed E-state index contributed by atoms with van der Waals surface area (Å²) in [5.41, 5.74) is 1.91. The highest BCUT2D eigenvalue weighted by Crippen LogP contribution is 2.33. The van der Waals surface area contributed by atoms with E-state index in [1.165, 1.54) is 18.2 Å². The third kappa shape index (κ3) is 6.12. The quantitative estimate of drug-likeness (QED) is 0.386. The first kappa shape index (κ1) is 25.4. The van der Waals surface area contributed by atoms with E-state index < -0.39 is 12.1 Å². The third-order valence-corrected chi connectivity index (χ3v) is 7.38. The summed E-state index contributed by atoms with van der Waals surface area (Å²) in [6.45, 7) is 2.06. The highest BCUT2D eigenvalue weighted by Gasteiger charge is 2.38. The Morgan fingerprint density at radius 3 is 2.60 bits per heavy atom. The van der Waals surface area contributed by atoms with Crippen molar-refractivity contribution in [2.45, 2.75) is 34.4 Å². The lowest BCUT2D eigenvalue weighted by atomic mass is 9.99. The molecule has 0 amide bonds. The van der Waals surface area contributed by atoms with Crippen molar-refractivity contribution in [3.8, 4) is 11.3 Å². The monoisotopic (exact) mass is 545 g/mol. The maximum absolute atomic E-state index is 10.6. The van der Waals surface area contributed by atoms with Crippen molar-refractivity contribution in [2.75, 3.05) is 13.1 Å². The topological polar surface area (TPSA) is 110 Å². The van der Waals surface area contributed by atoms with Gasteiger partial charge in [0.05, 0.1) is 11.9 Å². The molecule has 15 heteroatoms. The van der Waals surface area contributed by atoms with Crippen molar-refractivity contribution in [3.05, 3.63) is 41.3 Å². The number of fused-ring (bicyclic) bond motifs is 1. The van der Waals surface area contributed by atoms with E-state index in [2.05, 4.69) is 30.2 Å². The summed E-state index contributed by atoms with van der Waals surface area (Å²) in [6, 6.07) is 7.66. The molecule has 0 aliphatic carbocycles. The lowest BCUT2D eigenvalue weighted by Crippen LogP contribution is -2.29. The van der Waals surface area contributed by atoms with Crippen LogP contribution in [0, 0.1) is 0 Å². The number of halogens is 4. The average Bonchev–Trinajstić information content (AvgIpc) is 3.49. The van der Waals surface area contributed by atoms with Gasteiger partial charge >= 0.3 is 12.1 Å². The Morgan fingerprint density at radius 2 is 2.00 bits per heavy atom. The number of alkyl halides is 3. The summed E-state index contributed by atoms with van der Waals surface area (Å²) in [4.78, 5) is 14.4. The van der Waals surface area contributed by atoms with Gasteiger partial charge in [0.25, 0.3) is 0 Å². The van der Waals surface area contributed by atoms with E-state index in [-0.39, 0.29) is 0 Å². The van der Waals surface area contributed by atoms with Gasteiger partial charge in [0.1, 0.15) is 5.82 Å². The van der Waals surface area contributed by atoms with Crippen LogP contribution in [-0.2, 0) is 11.8 Å². The second kappa shape index (κ2) is 10.5. The van der Waals surface area contributed by atoms with Crippen LogP contribution < -0.4 is 5.32 Å². The molecule has 1 unspecified atom stereocenters. The van der Waals surface area contributed by atoms with Crippen molar-refractivity contribution < 1.29 is 23.1 Å². The Morgan fingerprint density at radius 1 is 1.29 bits per heavy atom. The molecule has 2 N–H and O–H groups in total. The molecule has 3 aromatic heterocycles. The maximum Gasteiger partial charge on any atom is 0.490 e. The fourth-order valence-corrected chi connectivity index (χ4v) is 5.36. The van der Waals surface area contributed by atoms with Crippen LogP contribution in [0.5, 0.6) is 0 Å². The van der Waals surface area contributed by atoms with E-state index in [0.717, 1.165) is 51.0 Å². The molecule has 1 saturated heterocycles. The normalized spacial score (nSPS) is 16.2. The molecule has 0 bridgehead atoms. The molecule has 9 nitrogen and oxygen atoms in total. The zero-order valence-electron chi connectivity index (χ0n) is 18.2. The van der Waals surface area contributed by atoms with Gasteiger partial charge in [-0.1, -0.05) is 35.1 Å². The van der Waals surface area contributed by atoms with E-state index >= 15 is 0 Å². The van der Waals surface area contributed by atoms with Crippen LogP contribution in [0.25, 0.3) is 16.2 Å². The summed E-state index contributed by atoms with van der Waals surface area (Å²) < 4.78 is 36.5. The van der Waals surface area contributed by atoms with Gasteiger partial charge in [-0.3, -0.25) is 0 Å². The zero-order valence-corrected chi connectivity index (χ0v) is 20.5. The molecule has 5 rings (SSSR count). The molecule has 186 valence electrons. The largest absolute Gasteiger partial charge is 0.490 e. The van der Waals surface area contributed by atoms with Crippen LogP contribution in [0.4, 0.5) is 13.2 Å². The van der Waals surface area contributed by atoms with Gasteiger partial charge in [-0.05, 0) is 43.3 Å². The zero-order chi connectivity index (χ0) is 25.2. The number of nitrogens with zero attached hydrogens (tertiary/aromatic N) is 6. The summed E-state index contributed by atoms with van der Waals surface area (Å²) in [7, 11) is 2.03. The second-order valence-electron chi connectivity index (χ2n) is 7.58. The van der Waals surface area contributed by atoms with E-state index in [4.69, 9.17) is 21.5 Å². The minimum Gasteiger partial charge on any atom is -0.475 e. The maximum atomic E-state index is 10.6. The van der Waals surface area contributed by atoms with Gasteiger partial charge in [-0.15, -0.1) is 15.3 Å². The Kier molecular flexibility index (Phi) is 7.64. The van der Waals surface area contributed by atoms with E-state index in [0.29, 0.717) is 10.9 Å². The lowest BCUT2D eigenvalue weighted by Gasteiger charge is -2.21. The number of carbonyl (C=O) groups is 1. The van der Waals surface area contributed by atoms with Crippen LogP contribution in [-0.4, -0.2) is 59.7 Å². The van der Waals surface area contributed by atoms with E-state index in [9.17, 15) is 13.2 Å². The molecule has 1 aliphatic rings. The highest BCUT2D eigenvalue weighted by molar-refractivity contribution is 8.01. The SMILES string of the molecule is Cn1c(Sc2nn3cc(-c4ccc(Cl)cc4)nc3s2)nnc1C1CCCNC1.O=C(O)C(F)(F)F. The number of imidazole rings is 1. The molecule has 4 aromatic rings. The van der Waals surface area contributed by atoms with Gasteiger partial charge < -0.3 is 15.0 Å². The first-order valence-electron chi connectivity index (χ1n) is 10.3. The summed E-state index contributed by atoms with van der Waals surface area (Å²) >= 11 is 9.04. The number of hydrogen-bond donors (Lipinski definition) is 2. The molecule has 0 spiro atoms. The third-order valence-electron chi connectivity index (χ3n) is 5.12. The summed E-state index contributed by atoms with van der Waals surface area (Å²) in [5, 5.41) is 25.6. The Bertz CT molecular complexity index is 1280. The number of piperidine rings is 1. The highest BCUT2D eigenvalue weighted by atomic mass is 35.5. The Labute approximate surface area is 210 Å². The van der Waals surface area contributed by atoms with Gasteiger partial charge in [0.2, 0.25) is 4.96 Å².